The number of imidazole rings is 1. The third kappa shape index (κ3) is 2.16. The molecule has 0 radical (unpaired) electrons. The van der Waals surface area contributed by atoms with Crippen molar-refractivity contribution in [2.24, 2.45) is 0 Å². The molecule has 4 aromatic rings. The van der Waals surface area contributed by atoms with Crippen molar-refractivity contribution in [2.45, 2.75) is 0 Å². The molecule has 0 saturated carbocycles. The number of hydrogen-bond donors (Lipinski definition) is 0. The van der Waals surface area contributed by atoms with Crippen LogP contribution in [0.5, 0.6) is 0 Å². The van der Waals surface area contributed by atoms with Crippen LogP contribution in [0, 0.1) is 0 Å². The van der Waals surface area contributed by atoms with E-state index >= 15 is 0 Å². The van der Waals surface area contributed by atoms with Crippen molar-refractivity contribution in [3.63, 3.8) is 0 Å². The van der Waals surface area contributed by atoms with Gasteiger partial charge in [0.05, 0.1) is 5.39 Å². The summed E-state index contributed by atoms with van der Waals surface area (Å²) in [5.74, 6) is 0.858. The second-order valence-corrected chi connectivity index (χ2v) is 6.28. The third-order valence-corrected chi connectivity index (χ3v) is 4.67. The van der Waals surface area contributed by atoms with E-state index in [9.17, 15) is 0 Å². The molecule has 0 atom stereocenters. The molecule has 21 heavy (non-hydrogen) atoms. The molecule has 0 aliphatic rings. The van der Waals surface area contributed by atoms with Gasteiger partial charge < -0.3 is 0 Å². The lowest BCUT2D eigenvalue weighted by Gasteiger charge is -2.05. The minimum Gasteiger partial charge on any atom is -0.290 e. The highest BCUT2D eigenvalue weighted by Gasteiger charge is 2.14. The second kappa shape index (κ2) is 5.05. The highest BCUT2D eigenvalue weighted by atomic mass is 79.9. The molecule has 0 aliphatic heterocycles. The van der Waals surface area contributed by atoms with Crippen LogP contribution in [0.2, 0.25) is 0 Å². The van der Waals surface area contributed by atoms with Gasteiger partial charge in [-0.3, -0.25) is 4.57 Å². The third-order valence-electron chi connectivity index (χ3n) is 3.25. The molecule has 3 aromatic heterocycles. The molecular formula is C15H9BrN4S. The highest BCUT2D eigenvalue weighted by molar-refractivity contribution is 9.10. The maximum atomic E-state index is 4.43. The summed E-state index contributed by atoms with van der Waals surface area (Å²) in [6, 6.07) is 8.27. The lowest BCUT2D eigenvalue weighted by Crippen LogP contribution is -1.96. The largest absolute Gasteiger partial charge is 0.290 e. The number of benzene rings is 1. The van der Waals surface area contributed by atoms with Crippen molar-refractivity contribution in [1.29, 1.82) is 0 Å². The van der Waals surface area contributed by atoms with Gasteiger partial charge in [0, 0.05) is 27.8 Å². The molecule has 4 rings (SSSR count). The zero-order valence-electron chi connectivity index (χ0n) is 10.8. The second-order valence-electron chi connectivity index (χ2n) is 4.50. The number of aromatic nitrogens is 4. The summed E-state index contributed by atoms with van der Waals surface area (Å²) < 4.78 is 2.98. The van der Waals surface area contributed by atoms with Crippen molar-refractivity contribution >= 4 is 37.5 Å². The van der Waals surface area contributed by atoms with E-state index in [1.807, 2.05) is 22.9 Å². The molecule has 102 valence electrons. The van der Waals surface area contributed by atoms with Gasteiger partial charge in [-0.05, 0) is 17.7 Å². The van der Waals surface area contributed by atoms with Gasteiger partial charge in [0.1, 0.15) is 17.5 Å². The summed E-state index contributed by atoms with van der Waals surface area (Å²) in [5, 5.41) is 3.19. The van der Waals surface area contributed by atoms with Crippen molar-refractivity contribution in [3.8, 4) is 16.9 Å². The Balaban J connectivity index is 2.00. The standard InChI is InChI=1S/C15H9BrN4S/c16-11-3-1-10(2-4-11)12-7-21-15-13(12)14(18-8-19-15)20-6-5-17-9-20/h1-9H. The number of rotatable bonds is 2. The van der Waals surface area contributed by atoms with E-state index in [1.54, 1.807) is 30.2 Å². The first-order valence-electron chi connectivity index (χ1n) is 6.29. The van der Waals surface area contributed by atoms with Crippen molar-refractivity contribution in [1.82, 2.24) is 19.5 Å². The van der Waals surface area contributed by atoms with Gasteiger partial charge in [0.25, 0.3) is 0 Å². The Bertz CT molecular complexity index is 897. The number of fused-ring (bicyclic) bond motifs is 1. The number of thiophene rings is 1. The lowest BCUT2D eigenvalue weighted by molar-refractivity contribution is 0.995. The van der Waals surface area contributed by atoms with E-state index in [4.69, 9.17) is 0 Å². The highest BCUT2D eigenvalue weighted by Crippen LogP contribution is 2.35. The summed E-state index contributed by atoms with van der Waals surface area (Å²) in [6.45, 7) is 0. The lowest BCUT2D eigenvalue weighted by atomic mass is 10.1. The molecule has 0 amide bonds. The topological polar surface area (TPSA) is 43.6 Å². The smallest absolute Gasteiger partial charge is 0.150 e. The van der Waals surface area contributed by atoms with Gasteiger partial charge in [0.15, 0.2) is 5.82 Å². The van der Waals surface area contributed by atoms with Gasteiger partial charge >= 0.3 is 0 Å². The molecule has 0 fully saturated rings. The molecule has 4 nitrogen and oxygen atoms in total. The minimum absolute atomic E-state index is 0.858. The molecule has 0 bridgehead atoms. The molecule has 1 aromatic carbocycles. The van der Waals surface area contributed by atoms with Gasteiger partial charge in [0.2, 0.25) is 0 Å². The van der Waals surface area contributed by atoms with Crippen LogP contribution in [0.4, 0.5) is 0 Å². The van der Waals surface area contributed by atoms with Crippen molar-refractivity contribution in [2.75, 3.05) is 0 Å². The van der Waals surface area contributed by atoms with Crippen LogP contribution in [0.25, 0.3) is 27.2 Å². The Kier molecular flexibility index (Phi) is 3.05. The predicted molar refractivity (Wildman–Crippen MR) is 87.7 cm³/mol. The zero-order valence-corrected chi connectivity index (χ0v) is 13.2. The van der Waals surface area contributed by atoms with Gasteiger partial charge in [-0.2, -0.15) is 0 Å². The van der Waals surface area contributed by atoms with E-state index in [2.05, 4.69) is 48.4 Å². The Morgan fingerprint density at radius 3 is 2.71 bits per heavy atom. The first-order valence-corrected chi connectivity index (χ1v) is 7.96. The summed E-state index contributed by atoms with van der Waals surface area (Å²) in [4.78, 5) is 13.9. The molecule has 3 heterocycles. The molecule has 0 aliphatic carbocycles. The fraction of sp³-hybridized carbons (Fsp3) is 0. The first kappa shape index (κ1) is 12.7. The summed E-state index contributed by atoms with van der Waals surface area (Å²) >= 11 is 5.10. The van der Waals surface area contributed by atoms with Crippen LogP contribution in [-0.4, -0.2) is 19.5 Å². The fourth-order valence-corrected chi connectivity index (χ4v) is 3.46. The minimum atomic E-state index is 0.858. The van der Waals surface area contributed by atoms with Gasteiger partial charge in [-0.25, -0.2) is 15.0 Å². The summed E-state index contributed by atoms with van der Waals surface area (Å²) in [5.41, 5.74) is 2.30. The molecule has 0 N–H and O–H groups in total. The SMILES string of the molecule is Brc1ccc(-c2csc3ncnc(-n4ccnc4)c23)cc1. The molecule has 0 unspecified atom stereocenters. The zero-order chi connectivity index (χ0) is 14.2. The first-order chi connectivity index (χ1) is 10.3. The normalized spacial score (nSPS) is 11.1. The van der Waals surface area contributed by atoms with Crippen LogP contribution in [0.3, 0.4) is 0 Å². The monoisotopic (exact) mass is 356 g/mol. The quantitative estimate of drug-likeness (QED) is 0.537. The Hall–Kier alpha value is -2.05. The fourth-order valence-electron chi connectivity index (χ4n) is 2.28. The average Bonchev–Trinajstić information content (AvgIpc) is 3.17. The average molecular weight is 357 g/mol. The van der Waals surface area contributed by atoms with E-state index in [0.29, 0.717) is 0 Å². The summed E-state index contributed by atoms with van der Waals surface area (Å²) in [6.07, 6.45) is 6.99. The Labute approximate surface area is 133 Å². The van der Waals surface area contributed by atoms with Crippen molar-refractivity contribution < 1.29 is 0 Å². The summed E-state index contributed by atoms with van der Waals surface area (Å²) in [7, 11) is 0. The van der Waals surface area contributed by atoms with Crippen LogP contribution >= 0.6 is 27.3 Å². The maximum absolute atomic E-state index is 4.43. The van der Waals surface area contributed by atoms with E-state index in [-0.39, 0.29) is 0 Å². The molecule has 6 heteroatoms. The molecule has 0 spiro atoms. The number of hydrogen-bond acceptors (Lipinski definition) is 4. The van der Waals surface area contributed by atoms with Crippen LogP contribution in [0.1, 0.15) is 0 Å². The maximum Gasteiger partial charge on any atom is 0.150 e. The van der Waals surface area contributed by atoms with E-state index < -0.39 is 0 Å². The van der Waals surface area contributed by atoms with E-state index in [1.165, 1.54) is 0 Å². The predicted octanol–water partition coefficient (Wildman–Crippen LogP) is 4.31. The number of halogens is 1. The van der Waals surface area contributed by atoms with Crippen LogP contribution < -0.4 is 0 Å². The van der Waals surface area contributed by atoms with E-state index in [0.717, 1.165) is 31.6 Å². The molecule has 0 saturated heterocycles. The Morgan fingerprint density at radius 2 is 1.95 bits per heavy atom. The number of nitrogens with zero attached hydrogens (tertiary/aromatic N) is 4. The Morgan fingerprint density at radius 1 is 1.10 bits per heavy atom. The van der Waals surface area contributed by atoms with Gasteiger partial charge in [-0.15, -0.1) is 11.3 Å². The van der Waals surface area contributed by atoms with Crippen LogP contribution in [-0.2, 0) is 0 Å². The molecular weight excluding hydrogens is 348 g/mol. The van der Waals surface area contributed by atoms with Gasteiger partial charge in [-0.1, -0.05) is 28.1 Å². The van der Waals surface area contributed by atoms with Crippen LogP contribution in [0.15, 0.2) is 59.2 Å². The van der Waals surface area contributed by atoms with Crippen molar-refractivity contribution in [3.05, 3.63) is 59.2 Å².